The van der Waals surface area contributed by atoms with E-state index in [0.717, 1.165) is 28.1 Å². The quantitative estimate of drug-likeness (QED) is 0.924. The molecule has 1 N–H and O–H groups in total. The van der Waals surface area contributed by atoms with Crippen LogP contribution in [0.4, 0.5) is 11.4 Å². The molecule has 130 valence electrons. The van der Waals surface area contributed by atoms with E-state index >= 15 is 0 Å². The van der Waals surface area contributed by atoms with Crippen LogP contribution in [-0.4, -0.2) is 18.4 Å². The number of carbonyl (C=O) groups excluding carboxylic acids is 2. The van der Waals surface area contributed by atoms with Crippen LogP contribution in [0.3, 0.4) is 0 Å². The molecule has 1 aliphatic rings. The summed E-state index contributed by atoms with van der Waals surface area (Å²) >= 11 is 0. The van der Waals surface area contributed by atoms with E-state index in [1.807, 2.05) is 64.1 Å². The SMILES string of the molecule is Cc1ccc(NC(=O)[C@H]2CC(=O)N(c3cccc(C)c3C)C2)cc1C. The maximum absolute atomic E-state index is 12.6. The van der Waals surface area contributed by atoms with Gasteiger partial charge in [0.1, 0.15) is 0 Å². The first kappa shape index (κ1) is 17.2. The van der Waals surface area contributed by atoms with E-state index in [1.54, 1.807) is 4.90 Å². The number of carbonyl (C=O) groups is 2. The van der Waals surface area contributed by atoms with E-state index < -0.39 is 0 Å². The summed E-state index contributed by atoms with van der Waals surface area (Å²) in [6, 6.07) is 11.8. The highest BCUT2D eigenvalue weighted by molar-refractivity contribution is 6.03. The van der Waals surface area contributed by atoms with Crippen LogP contribution in [0.25, 0.3) is 0 Å². The van der Waals surface area contributed by atoms with E-state index in [1.165, 1.54) is 5.56 Å². The number of amides is 2. The van der Waals surface area contributed by atoms with Gasteiger partial charge >= 0.3 is 0 Å². The molecular weight excluding hydrogens is 312 g/mol. The molecule has 1 atom stereocenters. The lowest BCUT2D eigenvalue weighted by Gasteiger charge is -2.20. The number of aryl methyl sites for hydroxylation is 3. The molecule has 0 bridgehead atoms. The summed E-state index contributed by atoms with van der Waals surface area (Å²) in [7, 11) is 0. The lowest BCUT2D eigenvalue weighted by molar-refractivity contribution is -0.122. The zero-order valence-electron chi connectivity index (χ0n) is 15.2. The van der Waals surface area contributed by atoms with Crippen LogP contribution in [0, 0.1) is 33.6 Å². The predicted molar refractivity (Wildman–Crippen MR) is 101 cm³/mol. The summed E-state index contributed by atoms with van der Waals surface area (Å²) in [5, 5.41) is 2.95. The van der Waals surface area contributed by atoms with E-state index in [2.05, 4.69) is 5.32 Å². The third-order valence-electron chi connectivity index (χ3n) is 5.14. The van der Waals surface area contributed by atoms with Gasteiger partial charge in [-0.1, -0.05) is 18.2 Å². The minimum atomic E-state index is -0.325. The fourth-order valence-corrected chi connectivity index (χ4v) is 3.21. The average Bonchev–Trinajstić information content (AvgIpc) is 2.95. The highest BCUT2D eigenvalue weighted by Gasteiger charge is 2.35. The van der Waals surface area contributed by atoms with Crippen molar-refractivity contribution >= 4 is 23.2 Å². The maximum Gasteiger partial charge on any atom is 0.229 e. The second kappa shape index (κ2) is 6.71. The highest BCUT2D eigenvalue weighted by Crippen LogP contribution is 2.30. The van der Waals surface area contributed by atoms with E-state index in [9.17, 15) is 9.59 Å². The molecule has 0 saturated carbocycles. The first-order valence-corrected chi connectivity index (χ1v) is 8.61. The molecule has 4 heteroatoms. The molecule has 4 nitrogen and oxygen atoms in total. The van der Waals surface area contributed by atoms with Crippen LogP contribution in [-0.2, 0) is 9.59 Å². The standard InChI is InChI=1S/C21H24N2O2/c1-13-8-9-18(10-15(13)3)22-21(25)17-11-20(24)23(12-17)19-7-5-6-14(2)16(19)4/h5-10,17H,11-12H2,1-4H3,(H,22,25)/t17-/m0/s1. The second-order valence-corrected chi connectivity index (χ2v) is 6.91. The van der Waals surface area contributed by atoms with E-state index in [0.29, 0.717) is 6.54 Å². The Bertz CT molecular complexity index is 842. The smallest absolute Gasteiger partial charge is 0.229 e. The Morgan fingerprint density at radius 1 is 1.04 bits per heavy atom. The fourth-order valence-electron chi connectivity index (χ4n) is 3.21. The number of hydrogen-bond donors (Lipinski definition) is 1. The van der Waals surface area contributed by atoms with Crippen molar-refractivity contribution in [3.05, 3.63) is 58.7 Å². The summed E-state index contributed by atoms with van der Waals surface area (Å²) in [6.07, 6.45) is 0.254. The molecule has 2 aromatic rings. The normalized spacial score (nSPS) is 17.0. The number of nitrogens with zero attached hydrogens (tertiary/aromatic N) is 1. The van der Waals surface area contributed by atoms with Gasteiger partial charge in [-0.05, 0) is 68.1 Å². The van der Waals surface area contributed by atoms with Crippen LogP contribution < -0.4 is 10.2 Å². The highest BCUT2D eigenvalue weighted by atomic mass is 16.2. The Morgan fingerprint density at radius 3 is 2.52 bits per heavy atom. The number of anilines is 2. The summed E-state index contributed by atoms with van der Waals surface area (Å²) in [6.45, 7) is 8.54. The van der Waals surface area contributed by atoms with Crippen LogP contribution in [0.15, 0.2) is 36.4 Å². The molecule has 1 heterocycles. The molecular formula is C21H24N2O2. The van der Waals surface area contributed by atoms with E-state index in [4.69, 9.17) is 0 Å². The lowest BCUT2D eigenvalue weighted by Crippen LogP contribution is -2.28. The third kappa shape index (κ3) is 3.43. The van der Waals surface area contributed by atoms with Gasteiger partial charge < -0.3 is 10.2 Å². The molecule has 3 rings (SSSR count). The van der Waals surface area contributed by atoms with Gasteiger partial charge in [0.25, 0.3) is 0 Å². The monoisotopic (exact) mass is 336 g/mol. The van der Waals surface area contributed by atoms with Gasteiger partial charge in [0.15, 0.2) is 0 Å². The Balaban J connectivity index is 1.74. The summed E-state index contributed by atoms with van der Waals surface area (Å²) < 4.78 is 0. The average molecular weight is 336 g/mol. The van der Waals surface area contributed by atoms with Gasteiger partial charge in [0.2, 0.25) is 11.8 Å². The fraction of sp³-hybridized carbons (Fsp3) is 0.333. The van der Waals surface area contributed by atoms with Gasteiger partial charge in [0, 0.05) is 24.3 Å². The molecule has 0 radical (unpaired) electrons. The Labute approximate surface area is 148 Å². The molecule has 1 fully saturated rings. The summed E-state index contributed by atoms with van der Waals surface area (Å²) in [5.41, 5.74) is 6.25. The zero-order valence-corrected chi connectivity index (χ0v) is 15.2. The molecule has 0 unspecified atom stereocenters. The zero-order chi connectivity index (χ0) is 18.1. The third-order valence-corrected chi connectivity index (χ3v) is 5.14. The molecule has 1 aliphatic heterocycles. The van der Waals surface area contributed by atoms with E-state index in [-0.39, 0.29) is 24.2 Å². The number of nitrogens with one attached hydrogen (secondary N) is 1. The molecule has 2 aromatic carbocycles. The molecule has 1 saturated heterocycles. The number of rotatable bonds is 3. The molecule has 0 aliphatic carbocycles. The summed E-state index contributed by atoms with van der Waals surface area (Å²) in [4.78, 5) is 26.8. The topological polar surface area (TPSA) is 49.4 Å². The molecule has 25 heavy (non-hydrogen) atoms. The molecule has 0 spiro atoms. The van der Waals surface area contributed by atoms with Crippen molar-refractivity contribution in [2.24, 2.45) is 5.92 Å². The molecule has 0 aromatic heterocycles. The van der Waals surface area contributed by atoms with Crippen LogP contribution >= 0.6 is 0 Å². The van der Waals surface area contributed by atoms with Crippen molar-refractivity contribution in [1.82, 2.24) is 0 Å². The first-order valence-electron chi connectivity index (χ1n) is 8.61. The largest absolute Gasteiger partial charge is 0.326 e. The van der Waals surface area contributed by atoms with Crippen molar-refractivity contribution in [3.8, 4) is 0 Å². The van der Waals surface area contributed by atoms with Gasteiger partial charge in [-0.25, -0.2) is 0 Å². The van der Waals surface area contributed by atoms with Crippen LogP contribution in [0.1, 0.15) is 28.7 Å². The predicted octanol–water partition coefficient (Wildman–Crippen LogP) is 3.91. The lowest BCUT2D eigenvalue weighted by atomic mass is 10.1. The van der Waals surface area contributed by atoms with Crippen LogP contribution in [0.2, 0.25) is 0 Å². The Kier molecular flexibility index (Phi) is 4.62. The number of hydrogen-bond acceptors (Lipinski definition) is 2. The van der Waals surface area contributed by atoms with Crippen LogP contribution in [0.5, 0.6) is 0 Å². The van der Waals surface area contributed by atoms with Gasteiger partial charge in [0.05, 0.1) is 5.92 Å². The molecule has 2 amide bonds. The minimum absolute atomic E-state index is 0.00827. The van der Waals surface area contributed by atoms with Gasteiger partial charge in [-0.2, -0.15) is 0 Å². The Hall–Kier alpha value is -2.62. The first-order chi connectivity index (χ1) is 11.9. The van der Waals surface area contributed by atoms with Crippen molar-refractivity contribution < 1.29 is 9.59 Å². The van der Waals surface area contributed by atoms with Crippen molar-refractivity contribution in [1.29, 1.82) is 0 Å². The number of benzene rings is 2. The van der Waals surface area contributed by atoms with Crippen molar-refractivity contribution in [3.63, 3.8) is 0 Å². The minimum Gasteiger partial charge on any atom is -0.326 e. The maximum atomic E-state index is 12.6. The summed E-state index contributed by atoms with van der Waals surface area (Å²) in [5.74, 6) is -0.410. The van der Waals surface area contributed by atoms with Gasteiger partial charge in [-0.15, -0.1) is 0 Å². The second-order valence-electron chi connectivity index (χ2n) is 6.91. The van der Waals surface area contributed by atoms with Crippen molar-refractivity contribution in [2.75, 3.05) is 16.8 Å². The van der Waals surface area contributed by atoms with Crippen molar-refractivity contribution in [2.45, 2.75) is 34.1 Å². The van der Waals surface area contributed by atoms with Gasteiger partial charge in [-0.3, -0.25) is 9.59 Å². The Morgan fingerprint density at radius 2 is 1.80 bits per heavy atom.